The molecule has 2 heteroatoms. The Labute approximate surface area is 66.3 Å². The van der Waals surface area contributed by atoms with E-state index in [0.717, 1.165) is 0 Å². The lowest BCUT2D eigenvalue weighted by atomic mass is 10.0. The summed E-state index contributed by atoms with van der Waals surface area (Å²) in [4.78, 5) is 4.70. The summed E-state index contributed by atoms with van der Waals surface area (Å²) in [6, 6.07) is 0. The second-order valence-electron chi connectivity index (χ2n) is 3.35. The molecule has 10 heavy (non-hydrogen) atoms. The van der Waals surface area contributed by atoms with Crippen molar-refractivity contribution in [1.29, 1.82) is 0 Å². The maximum atomic E-state index is 4.70. The fourth-order valence-electron chi connectivity index (χ4n) is 1.93. The van der Waals surface area contributed by atoms with Crippen molar-refractivity contribution in [2.75, 3.05) is 5.75 Å². The molecule has 1 spiro atoms. The van der Waals surface area contributed by atoms with Crippen molar-refractivity contribution in [2.45, 2.75) is 38.1 Å². The van der Waals surface area contributed by atoms with Gasteiger partial charge in [0.05, 0.1) is 10.6 Å². The summed E-state index contributed by atoms with van der Waals surface area (Å²) in [6.45, 7) is 2.14. The van der Waals surface area contributed by atoms with E-state index in [1.54, 1.807) is 0 Å². The van der Waals surface area contributed by atoms with Crippen LogP contribution in [0.1, 0.15) is 32.6 Å². The van der Waals surface area contributed by atoms with E-state index in [1.165, 1.54) is 36.5 Å². The van der Waals surface area contributed by atoms with E-state index >= 15 is 0 Å². The Morgan fingerprint density at radius 2 is 2.10 bits per heavy atom. The Morgan fingerprint density at radius 1 is 1.40 bits per heavy atom. The quantitative estimate of drug-likeness (QED) is 0.523. The molecule has 0 unspecified atom stereocenters. The van der Waals surface area contributed by atoms with E-state index in [9.17, 15) is 0 Å². The summed E-state index contributed by atoms with van der Waals surface area (Å²) < 4.78 is 0. The minimum atomic E-state index is 0.411. The Balaban J connectivity index is 2.16. The number of nitrogens with zero attached hydrogens (tertiary/aromatic N) is 1. The van der Waals surface area contributed by atoms with Crippen LogP contribution in [-0.2, 0) is 0 Å². The molecule has 0 amide bonds. The molecule has 0 saturated heterocycles. The molecule has 1 aliphatic carbocycles. The normalized spacial score (nSPS) is 29.5. The van der Waals surface area contributed by atoms with Gasteiger partial charge in [-0.1, -0.05) is 12.8 Å². The van der Waals surface area contributed by atoms with Crippen molar-refractivity contribution < 1.29 is 0 Å². The average molecular weight is 155 g/mol. The summed E-state index contributed by atoms with van der Waals surface area (Å²) in [6.07, 6.45) is 5.49. The van der Waals surface area contributed by atoms with Gasteiger partial charge in [0.1, 0.15) is 0 Å². The number of rotatable bonds is 0. The molecule has 0 aromatic heterocycles. The van der Waals surface area contributed by atoms with Gasteiger partial charge in [-0.05, 0) is 19.8 Å². The minimum Gasteiger partial charge on any atom is -0.276 e. The first-order valence-electron chi connectivity index (χ1n) is 4.00. The van der Waals surface area contributed by atoms with E-state index in [2.05, 4.69) is 6.92 Å². The highest BCUT2D eigenvalue weighted by atomic mass is 32.2. The van der Waals surface area contributed by atoms with Crippen LogP contribution in [-0.4, -0.2) is 16.3 Å². The van der Waals surface area contributed by atoms with Crippen LogP contribution in [0.15, 0.2) is 4.99 Å². The van der Waals surface area contributed by atoms with E-state index in [4.69, 9.17) is 4.99 Å². The Bertz CT molecular complexity index is 168. The van der Waals surface area contributed by atoms with Gasteiger partial charge in [0.25, 0.3) is 0 Å². The molecular weight excluding hydrogens is 142 g/mol. The summed E-state index contributed by atoms with van der Waals surface area (Å²) in [5.74, 6) is 1.26. The molecule has 1 aliphatic heterocycles. The molecule has 0 atom stereocenters. The number of hydrogen-bond donors (Lipinski definition) is 0. The molecule has 56 valence electrons. The van der Waals surface area contributed by atoms with Crippen LogP contribution in [0.2, 0.25) is 0 Å². The van der Waals surface area contributed by atoms with Crippen molar-refractivity contribution in [2.24, 2.45) is 4.99 Å². The van der Waals surface area contributed by atoms with E-state index in [-0.39, 0.29) is 0 Å². The van der Waals surface area contributed by atoms with Gasteiger partial charge >= 0.3 is 0 Å². The van der Waals surface area contributed by atoms with Crippen LogP contribution >= 0.6 is 11.8 Å². The highest BCUT2D eigenvalue weighted by Gasteiger charge is 2.36. The van der Waals surface area contributed by atoms with E-state index < -0.39 is 0 Å². The lowest BCUT2D eigenvalue weighted by molar-refractivity contribution is 0.508. The molecule has 0 aromatic carbocycles. The molecule has 1 heterocycles. The standard InChI is InChI=1S/C8H13NS/c1-7-9-8(6-10-7)4-2-3-5-8/h2-6H2,1H3. The number of thioether (sulfide) groups is 1. The summed E-state index contributed by atoms with van der Waals surface area (Å²) in [5, 5.41) is 1.31. The third kappa shape index (κ3) is 0.986. The minimum absolute atomic E-state index is 0.411. The van der Waals surface area contributed by atoms with E-state index in [1.807, 2.05) is 11.8 Å². The molecule has 0 radical (unpaired) electrons. The van der Waals surface area contributed by atoms with Gasteiger partial charge in [0.15, 0.2) is 0 Å². The van der Waals surface area contributed by atoms with Crippen molar-refractivity contribution in [3.05, 3.63) is 0 Å². The van der Waals surface area contributed by atoms with Crippen molar-refractivity contribution >= 4 is 16.8 Å². The van der Waals surface area contributed by atoms with Crippen LogP contribution in [0.4, 0.5) is 0 Å². The molecule has 2 aliphatic rings. The van der Waals surface area contributed by atoms with Crippen LogP contribution < -0.4 is 0 Å². The second kappa shape index (κ2) is 2.26. The number of hydrogen-bond acceptors (Lipinski definition) is 2. The third-order valence-corrected chi connectivity index (χ3v) is 3.67. The molecule has 1 saturated carbocycles. The SMILES string of the molecule is CC1=NC2(CCCC2)CS1. The fourth-order valence-corrected chi connectivity index (χ4v) is 3.02. The van der Waals surface area contributed by atoms with Crippen LogP contribution in [0.3, 0.4) is 0 Å². The fraction of sp³-hybridized carbons (Fsp3) is 0.875. The Kier molecular flexibility index (Phi) is 1.52. The maximum absolute atomic E-state index is 4.70. The lowest BCUT2D eigenvalue weighted by Crippen LogP contribution is -2.21. The zero-order valence-corrected chi connectivity index (χ0v) is 7.21. The molecular formula is C8H13NS. The molecule has 1 nitrogen and oxygen atoms in total. The summed E-state index contributed by atoms with van der Waals surface area (Å²) >= 11 is 1.94. The first-order valence-corrected chi connectivity index (χ1v) is 4.99. The van der Waals surface area contributed by atoms with Gasteiger partial charge in [-0.3, -0.25) is 4.99 Å². The Hall–Kier alpha value is 0.0200. The van der Waals surface area contributed by atoms with Gasteiger partial charge in [-0.15, -0.1) is 11.8 Å². The predicted molar refractivity (Wildman–Crippen MR) is 46.8 cm³/mol. The third-order valence-electron chi connectivity index (χ3n) is 2.48. The van der Waals surface area contributed by atoms with Gasteiger partial charge in [0, 0.05) is 5.75 Å². The average Bonchev–Trinajstić information content (AvgIpc) is 2.46. The molecule has 0 aromatic rings. The largest absolute Gasteiger partial charge is 0.276 e. The maximum Gasteiger partial charge on any atom is 0.0711 e. The van der Waals surface area contributed by atoms with Gasteiger partial charge < -0.3 is 0 Å². The van der Waals surface area contributed by atoms with Crippen molar-refractivity contribution in [1.82, 2.24) is 0 Å². The van der Waals surface area contributed by atoms with Crippen LogP contribution in [0.5, 0.6) is 0 Å². The molecule has 1 fully saturated rings. The number of aliphatic imine (C=N–C) groups is 1. The van der Waals surface area contributed by atoms with E-state index in [0.29, 0.717) is 5.54 Å². The van der Waals surface area contributed by atoms with Crippen molar-refractivity contribution in [3.8, 4) is 0 Å². The van der Waals surface area contributed by atoms with Crippen LogP contribution in [0.25, 0.3) is 0 Å². The zero-order chi connectivity index (χ0) is 7.03. The molecule has 0 N–H and O–H groups in total. The highest BCUT2D eigenvalue weighted by molar-refractivity contribution is 8.14. The summed E-state index contributed by atoms with van der Waals surface area (Å²) in [5.41, 5.74) is 0.411. The zero-order valence-electron chi connectivity index (χ0n) is 6.39. The molecule has 2 rings (SSSR count). The predicted octanol–water partition coefficient (Wildman–Crippen LogP) is 2.46. The van der Waals surface area contributed by atoms with Gasteiger partial charge in [0.2, 0.25) is 0 Å². The summed E-state index contributed by atoms with van der Waals surface area (Å²) in [7, 11) is 0. The first kappa shape index (κ1) is 6.71. The van der Waals surface area contributed by atoms with Gasteiger partial charge in [-0.2, -0.15) is 0 Å². The molecule has 0 bridgehead atoms. The van der Waals surface area contributed by atoms with Crippen molar-refractivity contribution in [3.63, 3.8) is 0 Å². The second-order valence-corrected chi connectivity index (χ2v) is 4.52. The topological polar surface area (TPSA) is 12.4 Å². The lowest BCUT2D eigenvalue weighted by Gasteiger charge is -2.16. The van der Waals surface area contributed by atoms with Crippen LogP contribution in [0, 0.1) is 0 Å². The first-order chi connectivity index (χ1) is 4.81. The highest BCUT2D eigenvalue weighted by Crippen LogP contribution is 2.40. The smallest absolute Gasteiger partial charge is 0.0711 e. The monoisotopic (exact) mass is 155 g/mol. The van der Waals surface area contributed by atoms with Gasteiger partial charge in [-0.25, -0.2) is 0 Å². The Morgan fingerprint density at radius 3 is 2.60 bits per heavy atom.